The number of halogens is 6. The highest BCUT2D eigenvalue weighted by atomic mass is 35.5. The third-order valence-corrected chi connectivity index (χ3v) is 2.67. The van der Waals surface area contributed by atoms with Crippen LogP contribution in [-0.4, -0.2) is 23.9 Å². The molecular formula is C12H11ClF5NO3. The molecular weight excluding hydrogens is 337 g/mol. The Labute approximate surface area is 127 Å². The van der Waals surface area contributed by atoms with Gasteiger partial charge in [-0.05, 0) is 18.6 Å². The molecule has 0 aliphatic heterocycles. The Morgan fingerprint density at radius 3 is 2.45 bits per heavy atom. The second-order valence-electron chi connectivity index (χ2n) is 3.96. The van der Waals surface area contributed by atoms with Crippen molar-refractivity contribution in [1.29, 1.82) is 0 Å². The van der Waals surface area contributed by atoms with Crippen LogP contribution in [0.25, 0.3) is 0 Å². The zero-order valence-electron chi connectivity index (χ0n) is 11.2. The number of rotatable bonds is 6. The predicted octanol–water partition coefficient (Wildman–Crippen LogP) is 3.76. The van der Waals surface area contributed by atoms with Crippen LogP contribution < -0.4 is 4.74 Å². The Kier molecular flexibility index (Phi) is 6.34. The molecule has 1 rings (SSSR count). The van der Waals surface area contributed by atoms with Gasteiger partial charge in [-0.3, -0.25) is 4.79 Å². The largest absolute Gasteiger partial charge is 0.574 e. The number of ether oxygens (including phenoxy) is 2. The molecule has 0 bridgehead atoms. The third-order valence-electron chi connectivity index (χ3n) is 2.38. The smallest absolute Gasteiger partial charge is 0.466 e. The lowest BCUT2D eigenvalue weighted by Gasteiger charge is -2.15. The Morgan fingerprint density at radius 2 is 2.00 bits per heavy atom. The van der Waals surface area contributed by atoms with E-state index >= 15 is 0 Å². The van der Waals surface area contributed by atoms with E-state index in [-0.39, 0.29) is 17.7 Å². The van der Waals surface area contributed by atoms with Crippen molar-refractivity contribution in [3.8, 4) is 5.88 Å². The Bertz CT molecular complexity index is 536. The number of nitrogens with zero attached hydrogens (tertiary/aromatic N) is 1. The summed E-state index contributed by atoms with van der Waals surface area (Å²) in [5.41, 5.74) is -1.51. The summed E-state index contributed by atoms with van der Waals surface area (Å²) in [5.74, 6) is -2.33. The van der Waals surface area contributed by atoms with Crippen molar-refractivity contribution in [3.05, 3.63) is 22.9 Å². The molecule has 0 aliphatic rings. The number of alkyl halides is 6. The van der Waals surface area contributed by atoms with Gasteiger partial charge >= 0.3 is 12.3 Å². The van der Waals surface area contributed by atoms with E-state index in [1.54, 1.807) is 0 Å². The SMILES string of the molecule is CCOC(=O)Cc1cc(CCl)c(OC(F)(F)F)nc1C(F)F. The number of hydrogen-bond donors (Lipinski definition) is 0. The second kappa shape index (κ2) is 7.57. The van der Waals surface area contributed by atoms with Crippen LogP contribution in [0.4, 0.5) is 22.0 Å². The summed E-state index contributed by atoms with van der Waals surface area (Å²) in [6.45, 7) is 1.56. The van der Waals surface area contributed by atoms with Gasteiger partial charge in [-0.15, -0.1) is 24.8 Å². The van der Waals surface area contributed by atoms with E-state index in [9.17, 15) is 26.7 Å². The summed E-state index contributed by atoms with van der Waals surface area (Å²) in [5, 5.41) is 0. The fourth-order valence-electron chi connectivity index (χ4n) is 1.59. The van der Waals surface area contributed by atoms with Crippen molar-refractivity contribution in [3.63, 3.8) is 0 Å². The number of pyridine rings is 1. The number of esters is 1. The molecule has 0 radical (unpaired) electrons. The highest BCUT2D eigenvalue weighted by Gasteiger charge is 2.34. The fourth-order valence-corrected chi connectivity index (χ4v) is 1.78. The standard InChI is InChI=1S/C12H11ClF5NO3/c1-2-21-8(20)4-6-3-7(5-13)11(22-12(16,17)18)19-9(6)10(14)15/h3,10H,2,4-5H2,1H3. The van der Waals surface area contributed by atoms with Gasteiger partial charge in [0.1, 0.15) is 5.69 Å². The number of aromatic nitrogens is 1. The van der Waals surface area contributed by atoms with E-state index < -0.39 is 42.6 Å². The lowest BCUT2D eigenvalue weighted by molar-refractivity contribution is -0.276. The van der Waals surface area contributed by atoms with Gasteiger partial charge < -0.3 is 9.47 Å². The van der Waals surface area contributed by atoms with Crippen LogP contribution in [0.1, 0.15) is 30.2 Å². The first-order chi connectivity index (χ1) is 10.2. The van der Waals surface area contributed by atoms with Crippen molar-refractivity contribution >= 4 is 17.6 Å². The van der Waals surface area contributed by atoms with Gasteiger partial charge in [0, 0.05) is 5.56 Å². The highest BCUT2D eigenvalue weighted by molar-refractivity contribution is 6.17. The van der Waals surface area contributed by atoms with Gasteiger partial charge in [0.05, 0.1) is 18.9 Å². The van der Waals surface area contributed by atoms with Gasteiger partial charge in [0.2, 0.25) is 5.88 Å². The van der Waals surface area contributed by atoms with Crippen molar-refractivity contribution in [1.82, 2.24) is 4.98 Å². The summed E-state index contributed by atoms with van der Waals surface area (Å²) in [7, 11) is 0. The average molecular weight is 348 g/mol. The number of hydrogen-bond acceptors (Lipinski definition) is 4. The summed E-state index contributed by atoms with van der Waals surface area (Å²) >= 11 is 5.47. The Balaban J connectivity index is 3.24. The zero-order valence-corrected chi connectivity index (χ0v) is 12.0. The lowest BCUT2D eigenvalue weighted by Crippen LogP contribution is -2.20. The van der Waals surface area contributed by atoms with Crippen LogP contribution >= 0.6 is 11.6 Å². The number of carbonyl (C=O) groups is 1. The van der Waals surface area contributed by atoms with E-state index in [0.29, 0.717) is 0 Å². The minimum atomic E-state index is -5.10. The minimum Gasteiger partial charge on any atom is -0.466 e. The molecule has 10 heteroatoms. The predicted molar refractivity (Wildman–Crippen MR) is 65.8 cm³/mol. The maximum Gasteiger partial charge on any atom is 0.574 e. The molecule has 1 aromatic rings. The first-order valence-corrected chi connectivity index (χ1v) is 6.49. The summed E-state index contributed by atoms with van der Waals surface area (Å²) < 4.78 is 70.7. The van der Waals surface area contributed by atoms with Crippen LogP contribution in [0.2, 0.25) is 0 Å². The number of carbonyl (C=O) groups excluding carboxylic acids is 1. The maximum absolute atomic E-state index is 12.9. The zero-order chi connectivity index (χ0) is 16.9. The lowest BCUT2D eigenvalue weighted by atomic mass is 10.1. The molecule has 0 N–H and O–H groups in total. The van der Waals surface area contributed by atoms with E-state index in [1.165, 1.54) is 6.92 Å². The molecule has 0 saturated carbocycles. The van der Waals surface area contributed by atoms with E-state index in [1.807, 2.05) is 0 Å². The molecule has 0 unspecified atom stereocenters. The van der Waals surface area contributed by atoms with Crippen molar-refractivity contribution in [2.45, 2.75) is 32.0 Å². The molecule has 0 amide bonds. The molecule has 4 nitrogen and oxygen atoms in total. The van der Waals surface area contributed by atoms with E-state index in [2.05, 4.69) is 14.5 Å². The van der Waals surface area contributed by atoms with E-state index in [4.69, 9.17) is 11.6 Å². The van der Waals surface area contributed by atoms with Crippen LogP contribution in [-0.2, 0) is 21.8 Å². The summed E-state index contributed by atoms with van der Waals surface area (Å²) in [4.78, 5) is 14.5. The van der Waals surface area contributed by atoms with Crippen LogP contribution in [0.5, 0.6) is 5.88 Å². The average Bonchev–Trinajstić information content (AvgIpc) is 2.38. The minimum absolute atomic E-state index is 0.0356. The molecule has 124 valence electrons. The molecule has 1 aromatic heterocycles. The molecule has 0 atom stereocenters. The summed E-state index contributed by atoms with van der Waals surface area (Å²) in [6, 6.07) is 0.930. The quantitative estimate of drug-likeness (QED) is 0.446. The molecule has 0 fully saturated rings. The molecule has 1 heterocycles. The topological polar surface area (TPSA) is 48.4 Å². The van der Waals surface area contributed by atoms with Gasteiger partial charge in [-0.25, -0.2) is 13.8 Å². The first-order valence-electron chi connectivity index (χ1n) is 5.96. The van der Waals surface area contributed by atoms with Crippen LogP contribution in [0.3, 0.4) is 0 Å². The Morgan fingerprint density at radius 1 is 1.36 bits per heavy atom. The van der Waals surface area contributed by atoms with Crippen molar-refractivity contribution in [2.24, 2.45) is 0 Å². The molecule has 0 aromatic carbocycles. The van der Waals surface area contributed by atoms with Crippen molar-refractivity contribution in [2.75, 3.05) is 6.61 Å². The van der Waals surface area contributed by atoms with Gasteiger partial charge in [-0.1, -0.05) is 0 Å². The van der Waals surface area contributed by atoms with Crippen LogP contribution in [0.15, 0.2) is 6.07 Å². The second-order valence-corrected chi connectivity index (χ2v) is 4.23. The van der Waals surface area contributed by atoms with E-state index in [0.717, 1.165) is 6.07 Å². The molecule has 0 spiro atoms. The Hall–Kier alpha value is -1.64. The monoisotopic (exact) mass is 347 g/mol. The molecule has 22 heavy (non-hydrogen) atoms. The summed E-state index contributed by atoms with van der Waals surface area (Å²) in [6.07, 6.45) is -8.85. The highest BCUT2D eigenvalue weighted by Crippen LogP contribution is 2.31. The van der Waals surface area contributed by atoms with Crippen molar-refractivity contribution < 1.29 is 36.2 Å². The fraction of sp³-hybridized carbons (Fsp3) is 0.500. The van der Waals surface area contributed by atoms with Gasteiger partial charge in [0.15, 0.2) is 0 Å². The van der Waals surface area contributed by atoms with Gasteiger partial charge in [0.25, 0.3) is 6.43 Å². The first kappa shape index (κ1) is 18.4. The van der Waals surface area contributed by atoms with Crippen LogP contribution in [0, 0.1) is 0 Å². The third kappa shape index (κ3) is 5.28. The maximum atomic E-state index is 12.9. The molecule has 0 saturated heterocycles. The molecule has 0 aliphatic carbocycles. The van der Waals surface area contributed by atoms with Gasteiger partial charge in [-0.2, -0.15) is 0 Å². The normalized spacial score (nSPS) is 11.6.